The minimum atomic E-state index is -1.70. The number of ether oxygens (including phenoxy) is 2. The van der Waals surface area contributed by atoms with E-state index in [9.17, 15) is 18.9 Å². The molecule has 1 N–H and O–H groups in total. The first-order valence-corrected chi connectivity index (χ1v) is 9.27. The van der Waals surface area contributed by atoms with E-state index >= 15 is 0 Å². The van der Waals surface area contributed by atoms with Gasteiger partial charge in [-0.25, -0.2) is 4.79 Å². The van der Waals surface area contributed by atoms with Crippen molar-refractivity contribution in [3.05, 3.63) is 12.2 Å². The summed E-state index contributed by atoms with van der Waals surface area (Å²) < 4.78 is 24.5. The molecule has 1 amide bonds. The normalized spacial score (nSPS) is 11.7. The van der Waals surface area contributed by atoms with Crippen molar-refractivity contribution in [3.63, 3.8) is 0 Å². The van der Waals surface area contributed by atoms with Crippen LogP contribution >= 0.6 is 0 Å². The number of nitrogens with one attached hydrogen (secondary N) is 1. The van der Waals surface area contributed by atoms with Crippen LogP contribution in [-0.2, 0) is 35.4 Å². The molecule has 0 aliphatic rings. The number of esters is 2. The second-order valence-corrected chi connectivity index (χ2v) is 7.01. The van der Waals surface area contributed by atoms with Crippen LogP contribution in [0.25, 0.3) is 0 Å². The molecule has 25 heavy (non-hydrogen) atoms. The van der Waals surface area contributed by atoms with Crippen molar-refractivity contribution in [2.75, 3.05) is 27.3 Å². The average molecular weight is 376 g/mol. The third-order valence-electron chi connectivity index (χ3n) is 3.02. The van der Waals surface area contributed by atoms with Crippen LogP contribution in [0.3, 0.4) is 0 Å². The van der Waals surface area contributed by atoms with Crippen molar-refractivity contribution < 1.29 is 28.4 Å². The highest BCUT2D eigenvalue weighted by molar-refractivity contribution is 7.87. The summed E-state index contributed by atoms with van der Waals surface area (Å²) in [6.07, 6.45) is 4.89. The summed E-state index contributed by atoms with van der Waals surface area (Å²) in [5, 5.41) is 0. The molecule has 1 atom stereocenters. The zero-order valence-electron chi connectivity index (χ0n) is 15.2. The summed E-state index contributed by atoms with van der Waals surface area (Å²) in [7, 11) is 3.03. The Balaban J connectivity index is 3.92. The van der Waals surface area contributed by atoms with Gasteiger partial charge in [0.15, 0.2) is 18.2 Å². The summed E-state index contributed by atoms with van der Waals surface area (Å²) in [5.74, 6) is -2.15. The van der Waals surface area contributed by atoms with Crippen LogP contribution in [-0.4, -0.2) is 54.0 Å². The first kappa shape index (κ1) is 23.4. The third-order valence-corrected chi connectivity index (χ3v) is 4.09. The average Bonchev–Trinajstić information content (AvgIpc) is 2.55. The zero-order valence-corrected chi connectivity index (χ0v) is 16.0. The quantitative estimate of drug-likeness (QED) is 0.223. The van der Waals surface area contributed by atoms with Crippen LogP contribution in [0.15, 0.2) is 12.2 Å². The summed E-state index contributed by atoms with van der Waals surface area (Å²) in [6.45, 7) is 5.28. The van der Waals surface area contributed by atoms with Gasteiger partial charge in [0.25, 0.3) is 0 Å². The van der Waals surface area contributed by atoms with E-state index in [1.807, 2.05) is 0 Å². The molecule has 0 spiro atoms. The van der Waals surface area contributed by atoms with Gasteiger partial charge in [0, 0.05) is 19.7 Å². The SMILES string of the molecule is C=C(CC(=O)OCCCCCCC)C(=O)OCC(=O)N[S+]([O-])N(C)C. The Morgan fingerprint density at radius 1 is 1.12 bits per heavy atom. The molecule has 8 nitrogen and oxygen atoms in total. The van der Waals surface area contributed by atoms with Gasteiger partial charge in [-0.2, -0.15) is 4.72 Å². The molecular formula is C16H28N2O6S. The molecule has 0 aromatic rings. The maximum Gasteiger partial charge on any atom is 0.334 e. The number of amides is 1. The second kappa shape index (κ2) is 13.7. The highest BCUT2D eigenvalue weighted by Gasteiger charge is 2.19. The lowest BCUT2D eigenvalue weighted by molar-refractivity contribution is -0.147. The maximum atomic E-state index is 11.7. The minimum Gasteiger partial charge on any atom is -0.573 e. The van der Waals surface area contributed by atoms with Gasteiger partial charge in [-0.3, -0.25) is 9.59 Å². The largest absolute Gasteiger partial charge is 0.573 e. The van der Waals surface area contributed by atoms with Crippen molar-refractivity contribution in [2.24, 2.45) is 0 Å². The molecule has 0 saturated carbocycles. The number of carbonyl (C=O) groups is 3. The minimum absolute atomic E-state index is 0.0995. The van der Waals surface area contributed by atoms with E-state index in [2.05, 4.69) is 18.2 Å². The fourth-order valence-corrected chi connectivity index (χ4v) is 2.08. The van der Waals surface area contributed by atoms with Crippen molar-refractivity contribution >= 4 is 29.4 Å². The van der Waals surface area contributed by atoms with E-state index in [4.69, 9.17) is 9.47 Å². The van der Waals surface area contributed by atoms with E-state index in [1.54, 1.807) is 0 Å². The van der Waals surface area contributed by atoms with Crippen LogP contribution in [0.5, 0.6) is 0 Å². The molecule has 0 saturated heterocycles. The molecule has 0 bridgehead atoms. The van der Waals surface area contributed by atoms with Gasteiger partial charge in [0.05, 0.1) is 13.0 Å². The highest BCUT2D eigenvalue weighted by atomic mass is 32.2. The molecule has 9 heteroatoms. The third kappa shape index (κ3) is 12.4. The van der Waals surface area contributed by atoms with Gasteiger partial charge in [-0.05, 0) is 6.42 Å². The molecule has 144 valence electrons. The fraction of sp³-hybridized carbons (Fsp3) is 0.688. The van der Waals surface area contributed by atoms with Crippen LogP contribution in [0, 0.1) is 0 Å². The van der Waals surface area contributed by atoms with Crippen molar-refractivity contribution in [2.45, 2.75) is 45.4 Å². The smallest absolute Gasteiger partial charge is 0.334 e. The van der Waals surface area contributed by atoms with Gasteiger partial charge >= 0.3 is 17.8 Å². The summed E-state index contributed by atoms with van der Waals surface area (Å²) in [5.41, 5.74) is -0.0995. The number of hydrogen-bond acceptors (Lipinski definition) is 7. The molecule has 0 radical (unpaired) electrons. The number of nitrogens with zero attached hydrogens (tertiary/aromatic N) is 1. The van der Waals surface area contributed by atoms with Crippen LogP contribution < -0.4 is 4.72 Å². The lowest BCUT2D eigenvalue weighted by Crippen LogP contribution is -2.41. The molecule has 0 rings (SSSR count). The topological polar surface area (TPSA) is 108 Å². The predicted octanol–water partition coefficient (Wildman–Crippen LogP) is 1.25. The lowest BCUT2D eigenvalue weighted by Gasteiger charge is -2.14. The van der Waals surface area contributed by atoms with Crippen molar-refractivity contribution in [1.82, 2.24) is 9.03 Å². The van der Waals surface area contributed by atoms with E-state index in [0.717, 1.165) is 32.1 Å². The van der Waals surface area contributed by atoms with Gasteiger partial charge in [-0.15, -0.1) is 4.31 Å². The number of unbranched alkanes of at least 4 members (excludes halogenated alkanes) is 4. The number of carbonyl (C=O) groups excluding carboxylic acids is 3. The summed E-state index contributed by atoms with van der Waals surface area (Å²) >= 11 is -1.70. The predicted molar refractivity (Wildman–Crippen MR) is 94.4 cm³/mol. The van der Waals surface area contributed by atoms with Gasteiger partial charge in [0.1, 0.15) is 0 Å². The molecule has 0 heterocycles. The standard InChI is InChI=1S/C16H28N2O6S/c1-5-6-7-8-9-10-23-15(20)11-13(2)16(21)24-12-14(19)17-25(22)18(3)4/h2,5-12H2,1,3-4H3,(H,17,19). The fourth-order valence-electron chi connectivity index (χ4n) is 1.64. The molecular weight excluding hydrogens is 348 g/mol. The van der Waals surface area contributed by atoms with Crippen molar-refractivity contribution in [3.8, 4) is 0 Å². The monoisotopic (exact) mass is 376 g/mol. The van der Waals surface area contributed by atoms with E-state index in [0.29, 0.717) is 6.61 Å². The molecule has 0 aliphatic heterocycles. The molecule has 0 fully saturated rings. The Morgan fingerprint density at radius 3 is 2.36 bits per heavy atom. The van der Waals surface area contributed by atoms with Crippen LogP contribution in [0.4, 0.5) is 0 Å². The van der Waals surface area contributed by atoms with Gasteiger partial charge < -0.3 is 14.0 Å². The molecule has 0 aliphatic carbocycles. The maximum absolute atomic E-state index is 11.7. The summed E-state index contributed by atoms with van der Waals surface area (Å²) in [4.78, 5) is 34.7. The Hall–Kier alpha value is -1.58. The lowest BCUT2D eigenvalue weighted by atomic mass is 10.2. The Bertz CT molecular complexity index is 456. The Labute approximate surface area is 152 Å². The Kier molecular flexibility index (Phi) is 12.8. The zero-order chi connectivity index (χ0) is 19.2. The van der Waals surface area contributed by atoms with Crippen LogP contribution in [0.1, 0.15) is 45.4 Å². The molecule has 0 aromatic carbocycles. The van der Waals surface area contributed by atoms with Crippen LogP contribution in [0.2, 0.25) is 0 Å². The van der Waals surface area contributed by atoms with E-state index in [-0.39, 0.29) is 12.0 Å². The van der Waals surface area contributed by atoms with Crippen molar-refractivity contribution in [1.29, 1.82) is 0 Å². The Morgan fingerprint density at radius 2 is 1.76 bits per heavy atom. The first-order chi connectivity index (χ1) is 11.8. The number of hydrogen-bond donors (Lipinski definition) is 1. The van der Waals surface area contributed by atoms with Gasteiger partial charge in [-0.1, -0.05) is 39.2 Å². The molecule has 0 aromatic heterocycles. The highest BCUT2D eigenvalue weighted by Crippen LogP contribution is 2.06. The van der Waals surface area contributed by atoms with Gasteiger partial charge in [0.2, 0.25) is 0 Å². The number of rotatable bonds is 13. The van der Waals surface area contributed by atoms with E-state index in [1.165, 1.54) is 18.4 Å². The molecule has 1 unspecified atom stereocenters. The second-order valence-electron chi connectivity index (χ2n) is 5.58. The summed E-state index contributed by atoms with van der Waals surface area (Å²) in [6, 6.07) is 0. The van der Waals surface area contributed by atoms with E-state index < -0.39 is 36.0 Å². The first-order valence-electron chi connectivity index (χ1n) is 8.17.